The van der Waals surface area contributed by atoms with Gasteiger partial charge in [0.05, 0.1) is 0 Å². The molecule has 3 rings (SSSR count). The molecule has 4 heteroatoms. The van der Waals surface area contributed by atoms with Crippen molar-refractivity contribution >= 4 is 11.6 Å². The Bertz CT molecular complexity index is 690. The first-order valence-corrected chi connectivity index (χ1v) is 7.85. The number of hydrogen-bond acceptors (Lipinski definition) is 3. The number of benzene rings is 1. The van der Waals surface area contributed by atoms with Crippen LogP contribution >= 0.6 is 0 Å². The van der Waals surface area contributed by atoms with E-state index in [1.54, 1.807) is 0 Å². The van der Waals surface area contributed by atoms with Crippen LogP contribution in [-0.4, -0.2) is 19.0 Å². The molecule has 1 aromatic heterocycles. The van der Waals surface area contributed by atoms with Crippen LogP contribution in [0, 0.1) is 6.92 Å². The van der Waals surface area contributed by atoms with E-state index in [0.717, 1.165) is 35.4 Å². The molecule has 0 spiro atoms. The Labute approximate surface area is 130 Å². The number of amides is 1. The fraction of sp³-hybridized carbons (Fsp3) is 0.389. The van der Waals surface area contributed by atoms with Gasteiger partial charge in [0.1, 0.15) is 5.76 Å². The number of furan rings is 1. The van der Waals surface area contributed by atoms with Crippen molar-refractivity contribution in [2.45, 2.75) is 32.6 Å². The quantitative estimate of drug-likeness (QED) is 0.946. The summed E-state index contributed by atoms with van der Waals surface area (Å²) in [5, 5.41) is 0. The Morgan fingerprint density at radius 1 is 1.41 bits per heavy atom. The average molecular weight is 298 g/mol. The standard InChI is InChI=1S/C18H22N2O2/c1-3-14-10-12(2)17(22-14)18(21)20-9-8-13(11-19)15-6-4-5-7-16(15)20/h4-7,10,13H,3,8-9,11,19H2,1-2H3. The normalized spacial score (nSPS) is 17.4. The van der Waals surface area contributed by atoms with Gasteiger partial charge in [-0.25, -0.2) is 0 Å². The van der Waals surface area contributed by atoms with Gasteiger partial charge in [-0.1, -0.05) is 25.1 Å². The highest BCUT2D eigenvalue weighted by atomic mass is 16.4. The van der Waals surface area contributed by atoms with Crippen LogP contribution in [0.5, 0.6) is 0 Å². The number of nitrogens with zero attached hydrogens (tertiary/aromatic N) is 1. The minimum absolute atomic E-state index is 0.0554. The number of carbonyl (C=O) groups excluding carboxylic acids is 1. The summed E-state index contributed by atoms with van der Waals surface area (Å²) in [6, 6.07) is 9.98. The first kappa shape index (κ1) is 14.9. The Hall–Kier alpha value is -2.07. The molecule has 0 fully saturated rings. The molecule has 2 N–H and O–H groups in total. The Morgan fingerprint density at radius 2 is 2.18 bits per heavy atom. The van der Waals surface area contributed by atoms with Crippen LogP contribution in [0.1, 0.15) is 46.7 Å². The number of hydrogen-bond donors (Lipinski definition) is 1. The molecule has 0 aliphatic carbocycles. The van der Waals surface area contributed by atoms with Gasteiger partial charge < -0.3 is 15.1 Å². The lowest BCUT2D eigenvalue weighted by atomic mass is 9.90. The summed E-state index contributed by atoms with van der Waals surface area (Å²) in [7, 11) is 0. The molecule has 1 aliphatic rings. The minimum Gasteiger partial charge on any atom is -0.456 e. The van der Waals surface area contributed by atoms with E-state index in [1.807, 2.05) is 43.0 Å². The van der Waals surface area contributed by atoms with Crippen LogP contribution in [0.4, 0.5) is 5.69 Å². The summed E-state index contributed by atoms with van der Waals surface area (Å²) in [5.41, 5.74) is 8.90. The maximum absolute atomic E-state index is 12.9. The van der Waals surface area contributed by atoms with E-state index in [0.29, 0.717) is 24.8 Å². The fourth-order valence-electron chi connectivity index (χ4n) is 3.15. The number of aryl methyl sites for hydroxylation is 2. The highest BCUT2D eigenvalue weighted by Gasteiger charge is 2.30. The third-order valence-corrected chi connectivity index (χ3v) is 4.41. The van der Waals surface area contributed by atoms with Crippen molar-refractivity contribution in [2.75, 3.05) is 18.0 Å². The van der Waals surface area contributed by atoms with Crippen LogP contribution < -0.4 is 10.6 Å². The molecule has 0 radical (unpaired) electrons. The lowest BCUT2D eigenvalue weighted by Gasteiger charge is -2.33. The predicted molar refractivity (Wildman–Crippen MR) is 87.4 cm³/mol. The van der Waals surface area contributed by atoms with Gasteiger partial charge in [-0.15, -0.1) is 0 Å². The Balaban J connectivity index is 1.98. The topological polar surface area (TPSA) is 59.5 Å². The van der Waals surface area contributed by atoms with Crippen LogP contribution in [0.15, 0.2) is 34.7 Å². The maximum Gasteiger partial charge on any atom is 0.294 e. The monoisotopic (exact) mass is 298 g/mol. The minimum atomic E-state index is -0.0554. The molecule has 0 saturated carbocycles. The van der Waals surface area contributed by atoms with E-state index in [9.17, 15) is 4.79 Å². The maximum atomic E-state index is 12.9. The molecule has 1 aromatic carbocycles. The van der Waals surface area contributed by atoms with Crippen LogP contribution in [0.25, 0.3) is 0 Å². The number of fused-ring (bicyclic) bond motifs is 1. The second kappa shape index (κ2) is 5.97. The smallest absolute Gasteiger partial charge is 0.294 e. The molecular weight excluding hydrogens is 276 g/mol. The second-order valence-corrected chi connectivity index (χ2v) is 5.82. The van der Waals surface area contributed by atoms with Gasteiger partial charge in [-0.05, 0) is 43.5 Å². The van der Waals surface area contributed by atoms with Gasteiger partial charge in [-0.3, -0.25) is 4.79 Å². The lowest BCUT2D eigenvalue weighted by molar-refractivity contribution is 0.0955. The van der Waals surface area contributed by atoms with Gasteiger partial charge >= 0.3 is 0 Å². The van der Waals surface area contributed by atoms with Crippen molar-refractivity contribution in [1.29, 1.82) is 0 Å². The van der Waals surface area contributed by atoms with Gasteiger partial charge in [0.15, 0.2) is 5.76 Å². The third kappa shape index (κ3) is 2.44. The molecule has 1 unspecified atom stereocenters. The van der Waals surface area contributed by atoms with Crippen molar-refractivity contribution in [3.63, 3.8) is 0 Å². The van der Waals surface area contributed by atoms with E-state index in [1.165, 1.54) is 0 Å². The molecule has 1 aliphatic heterocycles. The lowest BCUT2D eigenvalue weighted by Crippen LogP contribution is -2.38. The highest BCUT2D eigenvalue weighted by molar-refractivity contribution is 6.06. The summed E-state index contributed by atoms with van der Waals surface area (Å²) < 4.78 is 5.73. The summed E-state index contributed by atoms with van der Waals surface area (Å²) in [6.45, 7) is 5.24. The molecule has 22 heavy (non-hydrogen) atoms. The number of para-hydroxylation sites is 1. The molecule has 0 saturated heterocycles. The Kier molecular flexibility index (Phi) is 4.03. The van der Waals surface area contributed by atoms with E-state index in [2.05, 4.69) is 6.07 Å². The number of rotatable bonds is 3. The number of nitrogens with two attached hydrogens (primary N) is 1. The zero-order valence-electron chi connectivity index (χ0n) is 13.1. The third-order valence-electron chi connectivity index (χ3n) is 4.41. The average Bonchev–Trinajstić information content (AvgIpc) is 2.94. The Morgan fingerprint density at radius 3 is 2.86 bits per heavy atom. The molecular formula is C18H22N2O2. The van der Waals surface area contributed by atoms with Crippen molar-refractivity contribution < 1.29 is 9.21 Å². The van der Waals surface area contributed by atoms with Crippen LogP contribution in [0.2, 0.25) is 0 Å². The zero-order chi connectivity index (χ0) is 15.7. The van der Waals surface area contributed by atoms with Gasteiger partial charge in [0.2, 0.25) is 0 Å². The zero-order valence-corrected chi connectivity index (χ0v) is 13.1. The summed E-state index contributed by atoms with van der Waals surface area (Å²) in [6.07, 6.45) is 1.68. The highest BCUT2D eigenvalue weighted by Crippen LogP contribution is 2.35. The second-order valence-electron chi connectivity index (χ2n) is 5.82. The predicted octanol–water partition coefficient (Wildman–Crippen LogP) is 3.24. The van der Waals surface area contributed by atoms with Crippen molar-refractivity contribution in [1.82, 2.24) is 0 Å². The van der Waals surface area contributed by atoms with Gasteiger partial charge in [-0.2, -0.15) is 0 Å². The van der Waals surface area contributed by atoms with Crippen LogP contribution in [0.3, 0.4) is 0 Å². The molecule has 2 heterocycles. The summed E-state index contributed by atoms with van der Waals surface area (Å²) in [5.74, 6) is 1.58. The molecule has 0 bridgehead atoms. The first-order chi connectivity index (χ1) is 10.7. The van der Waals surface area contributed by atoms with Crippen molar-refractivity contribution in [3.05, 3.63) is 53.0 Å². The molecule has 4 nitrogen and oxygen atoms in total. The van der Waals surface area contributed by atoms with E-state index in [-0.39, 0.29) is 5.91 Å². The molecule has 2 aromatic rings. The first-order valence-electron chi connectivity index (χ1n) is 7.85. The van der Waals surface area contributed by atoms with E-state index >= 15 is 0 Å². The molecule has 116 valence electrons. The van der Waals surface area contributed by atoms with E-state index in [4.69, 9.17) is 10.2 Å². The van der Waals surface area contributed by atoms with Gasteiger partial charge in [0, 0.05) is 24.2 Å². The largest absolute Gasteiger partial charge is 0.456 e. The number of anilines is 1. The van der Waals surface area contributed by atoms with Crippen LogP contribution in [-0.2, 0) is 6.42 Å². The number of carbonyl (C=O) groups is 1. The molecule has 1 atom stereocenters. The van der Waals surface area contributed by atoms with E-state index < -0.39 is 0 Å². The van der Waals surface area contributed by atoms with Gasteiger partial charge in [0.25, 0.3) is 5.91 Å². The molecule has 1 amide bonds. The SMILES string of the molecule is CCc1cc(C)c(C(=O)N2CCC(CN)c3ccccc32)o1. The summed E-state index contributed by atoms with van der Waals surface area (Å²) >= 11 is 0. The van der Waals surface area contributed by atoms with Crippen molar-refractivity contribution in [2.24, 2.45) is 5.73 Å². The fourth-order valence-corrected chi connectivity index (χ4v) is 3.15. The summed E-state index contributed by atoms with van der Waals surface area (Å²) in [4.78, 5) is 14.7. The van der Waals surface area contributed by atoms with Crippen molar-refractivity contribution in [3.8, 4) is 0 Å².